The highest BCUT2D eigenvalue weighted by Crippen LogP contribution is 2.07. The Bertz CT molecular complexity index is 192. The van der Waals surface area contributed by atoms with Crippen LogP contribution in [-0.4, -0.2) is 29.1 Å². The van der Waals surface area contributed by atoms with Gasteiger partial charge in [-0.3, -0.25) is 4.79 Å². The maximum atomic E-state index is 10.8. The summed E-state index contributed by atoms with van der Waals surface area (Å²) in [4.78, 5) is 21.2. The van der Waals surface area contributed by atoms with E-state index >= 15 is 0 Å². The number of hydrogen-bond donors (Lipinski definition) is 3. The Hall–Kier alpha value is -1.10. The van der Waals surface area contributed by atoms with Gasteiger partial charge >= 0.3 is 5.97 Å². The summed E-state index contributed by atoms with van der Waals surface area (Å²) in [5.41, 5.74) is 5.34. The van der Waals surface area contributed by atoms with E-state index in [1.54, 1.807) is 0 Å². The molecule has 0 bridgehead atoms. The first kappa shape index (κ1) is 8.00. The number of carboxylic acid groups (broad SMARTS) is 1. The molecule has 1 fully saturated rings. The monoisotopic (exact) mass is 158 g/mol. The summed E-state index contributed by atoms with van der Waals surface area (Å²) in [6.07, 6.45) is 0.866. The van der Waals surface area contributed by atoms with E-state index in [4.69, 9.17) is 10.8 Å². The molecule has 5 nitrogen and oxygen atoms in total. The Labute approximate surface area is 63.6 Å². The zero-order chi connectivity index (χ0) is 8.43. The molecule has 1 aliphatic heterocycles. The van der Waals surface area contributed by atoms with Crippen molar-refractivity contribution in [1.82, 2.24) is 5.32 Å². The number of nitrogens with one attached hydrogen (secondary N) is 1. The van der Waals surface area contributed by atoms with Crippen LogP contribution in [0.25, 0.3) is 0 Å². The number of carboxylic acids is 1. The molecule has 0 saturated carbocycles. The molecule has 0 aromatic heterocycles. The summed E-state index contributed by atoms with van der Waals surface area (Å²) in [5, 5.41) is 10.8. The predicted molar refractivity (Wildman–Crippen MR) is 36.8 cm³/mol. The number of rotatable bonds is 1. The fourth-order valence-electron chi connectivity index (χ4n) is 1.01. The average molecular weight is 158 g/mol. The zero-order valence-electron chi connectivity index (χ0n) is 5.91. The zero-order valence-corrected chi connectivity index (χ0v) is 5.91. The SMILES string of the molecule is N[C@@H]1CC[C@H](C(=O)O)NC1=O. The number of aliphatic carboxylic acids is 1. The summed E-state index contributed by atoms with van der Waals surface area (Å²) in [7, 11) is 0. The van der Waals surface area contributed by atoms with E-state index in [-0.39, 0.29) is 5.91 Å². The van der Waals surface area contributed by atoms with Crippen LogP contribution >= 0.6 is 0 Å². The molecule has 1 saturated heterocycles. The van der Waals surface area contributed by atoms with Gasteiger partial charge in [-0.2, -0.15) is 0 Å². The molecular weight excluding hydrogens is 148 g/mol. The van der Waals surface area contributed by atoms with Gasteiger partial charge in [-0.05, 0) is 12.8 Å². The Morgan fingerprint density at radius 1 is 1.64 bits per heavy atom. The van der Waals surface area contributed by atoms with E-state index in [0.717, 1.165) is 0 Å². The molecule has 0 aliphatic carbocycles. The van der Waals surface area contributed by atoms with Crippen molar-refractivity contribution in [3.05, 3.63) is 0 Å². The topological polar surface area (TPSA) is 92.4 Å². The second kappa shape index (κ2) is 2.87. The second-order valence-electron chi connectivity index (χ2n) is 2.58. The van der Waals surface area contributed by atoms with Crippen molar-refractivity contribution >= 4 is 11.9 Å². The van der Waals surface area contributed by atoms with Crippen LogP contribution < -0.4 is 11.1 Å². The number of amides is 1. The molecule has 11 heavy (non-hydrogen) atoms. The maximum absolute atomic E-state index is 10.8. The van der Waals surface area contributed by atoms with Crippen LogP contribution in [0.3, 0.4) is 0 Å². The Morgan fingerprint density at radius 3 is 2.73 bits per heavy atom. The van der Waals surface area contributed by atoms with Gasteiger partial charge in [0, 0.05) is 0 Å². The van der Waals surface area contributed by atoms with Gasteiger partial charge in [-0.15, -0.1) is 0 Å². The van der Waals surface area contributed by atoms with Crippen LogP contribution in [0, 0.1) is 0 Å². The van der Waals surface area contributed by atoms with Gasteiger partial charge in [0.05, 0.1) is 6.04 Å². The highest BCUT2D eigenvalue weighted by Gasteiger charge is 2.28. The summed E-state index contributed by atoms with van der Waals surface area (Å²) < 4.78 is 0. The number of carbonyl (C=O) groups is 2. The van der Waals surface area contributed by atoms with Gasteiger partial charge in [0.15, 0.2) is 0 Å². The summed E-state index contributed by atoms with van der Waals surface area (Å²) >= 11 is 0. The number of nitrogens with two attached hydrogens (primary N) is 1. The third-order valence-corrected chi connectivity index (χ3v) is 1.72. The Morgan fingerprint density at radius 2 is 2.27 bits per heavy atom. The fourth-order valence-corrected chi connectivity index (χ4v) is 1.01. The molecule has 0 aromatic carbocycles. The third kappa shape index (κ3) is 1.68. The largest absolute Gasteiger partial charge is 0.480 e. The lowest BCUT2D eigenvalue weighted by Gasteiger charge is -2.23. The number of hydrogen-bond acceptors (Lipinski definition) is 3. The number of piperidine rings is 1. The minimum Gasteiger partial charge on any atom is -0.480 e. The lowest BCUT2D eigenvalue weighted by Crippen LogP contribution is -2.53. The third-order valence-electron chi connectivity index (χ3n) is 1.72. The van der Waals surface area contributed by atoms with Crippen molar-refractivity contribution < 1.29 is 14.7 Å². The molecule has 0 unspecified atom stereocenters. The molecule has 1 heterocycles. The van der Waals surface area contributed by atoms with Crippen molar-refractivity contribution in [2.75, 3.05) is 0 Å². The van der Waals surface area contributed by atoms with Gasteiger partial charge in [0.2, 0.25) is 5.91 Å². The first-order chi connectivity index (χ1) is 5.11. The quantitative estimate of drug-likeness (QED) is 0.441. The first-order valence-electron chi connectivity index (χ1n) is 3.40. The van der Waals surface area contributed by atoms with Gasteiger partial charge in [-0.1, -0.05) is 0 Å². The van der Waals surface area contributed by atoms with E-state index in [1.807, 2.05) is 0 Å². The normalized spacial score (nSPS) is 31.2. The van der Waals surface area contributed by atoms with Crippen LogP contribution in [0.15, 0.2) is 0 Å². The predicted octanol–water partition coefficient (Wildman–Crippen LogP) is -1.32. The van der Waals surface area contributed by atoms with Crippen molar-refractivity contribution in [1.29, 1.82) is 0 Å². The summed E-state index contributed by atoms with van der Waals surface area (Å²) in [6, 6.07) is -1.28. The van der Waals surface area contributed by atoms with Crippen LogP contribution in [0.1, 0.15) is 12.8 Å². The molecule has 62 valence electrons. The highest BCUT2D eigenvalue weighted by atomic mass is 16.4. The molecule has 0 aromatic rings. The van der Waals surface area contributed by atoms with E-state index in [9.17, 15) is 9.59 Å². The van der Waals surface area contributed by atoms with Crippen LogP contribution in [0.5, 0.6) is 0 Å². The molecule has 0 spiro atoms. The first-order valence-corrected chi connectivity index (χ1v) is 3.40. The van der Waals surface area contributed by atoms with Crippen LogP contribution in [-0.2, 0) is 9.59 Å². The smallest absolute Gasteiger partial charge is 0.326 e. The van der Waals surface area contributed by atoms with Gasteiger partial charge in [-0.25, -0.2) is 4.79 Å². The van der Waals surface area contributed by atoms with Crippen molar-refractivity contribution in [3.8, 4) is 0 Å². The number of carbonyl (C=O) groups excluding carboxylic acids is 1. The molecule has 1 amide bonds. The van der Waals surface area contributed by atoms with Crippen LogP contribution in [0.2, 0.25) is 0 Å². The minimum absolute atomic E-state index is 0.372. The fraction of sp³-hybridized carbons (Fsp3) is 0.667. The molecular formula is C6H10N2O3. The molecule has 0 radical (unpaired) electrons. The van der Waals surface area contributed by atoms with Gasteiger partial charge in [0.25, 0.3) is 0 Å². The average Bonchev–Trinajstić information content (AvgIpc) is 1.94. The Kier molecular flexibility index (Phi) is 2.09. The summed E-state index contributed by atoms with van der Waals surface area (Å²) in [5.74, 6) is -1.37. The van der Waals surface area contributed by atoms with Crippen molar-refractivity contribution in [2.45, 2.75) is 24.9 Å². The minimum atomic E-state index is -0.995. The van der Waals surface area contributed by atoms with Crippen molar-refractivity contribution in [3.63, 3.8) is 0 Å². The molecule has 2 atom stereocenters. The maximum Gasteiger partial charge on any atom is 0.326 e. The molecule has 1 aliphatic rings. The summed E-state index contributed by atoms with van der Waals surface area (Å²) in [6.45, 7) is 0. The molecule has 5 heteroatoms. The lowest BCUT2D eigenvalue weighted by molar-refractivity contribution is -0.143. The van der Waals surface area contributed by atoms with E-state index in [1.165, 1.54) is 0 Å². The van der Waals surface area contributed by atoms with Crippen LogP contribution in [0.4, 0.5) is 0 Å². The highest BCUT2D eigenvalue weighted by molar-refractivity contribution is 5.88. The second-order valence-corrected chi connectivity index (χ2v) is 2.58. The lowest BCUT2D eigenvalue weighted by atomic mass is 10.0. The van der Waals surface area contributed by atoms with E-state index < -0.39 is 18.1 Å². The molecule has 4 N–H and O–H groups in total. The van der Waals surface area contributed by atoms with E-state index in [0.29, 0.717) is 12.8 Å². The standard InChI is InChI=1S/C6H10N2O3/c7-3-1-2-4(6(10)11)8-5(3)9/h3-4H,1-2,7H2,(H,8,9)(H,10,11)/t3-,4-/m1/s1. The van der Waals surface area contributed by atoms with Gasteiger partial charge in [0.1, 0.15) is 6.04 Å². The van der Waals surface area contributed by atoms with E-state index in [2.05, 4.69) is 5.32 Å². The van der Waals surface area contributed by atoms with Gasteiger partial charge < -0.3 is 16.2 Å². The Balaban J connectivity index is 2.53. The van der Waals surface area contributed by atoms with Crippen molar-refractivity contribution in [2.24, 2.45) is 5.73 Å². The molecule has 1 rings (SSSR count).